The van der Waals surface area contributed by atoms with Crippen LogP contribution in [0.1, 0.15) is 37.4 Å². The average molecular weight is 285 g/mol. The molecule has 0 radical (unpaired) electrons. The van der Waals surface area contributed by atoms with Crippen LogP contribution < -0.4 is 5.73 Å². The molecule has 116 valence electrons. The van der Waals surface area contributed by atoms with Crippen molar-refractivity contribution in [3.8, 4) is 0 Å². The summed E-state index contributed by atoms with van der Waals surface area (Å²) in [6, 6.07) is 3.78. The van der Waals surface area contributed by atoms with E-state index in [9.17, 15) is 0 Å². The van der Waals surface area contributed by atoms with Crippen molar-refractivity contribution in [3.63, 3.8) is 0 Å². The maximum atomic E-state index is 6.10. The molecule has 1 aromatic heterocycles. The summed E-state index contributed by atoms with van der Waals surface area (Å²) in [5, 5.41) is 0. The molecule has 2 unspecified atom stereocenters. The SMILES string of the molecule is CCC(N)C(OCCOCCCOC)c1ccc(C)o1. The Bertz CT molecular complexity index is 353. The minimum absolute atomic E-state index is 0.0750. The Hall–Kier alpha value is -0.880. The van der Waals surface area contributed by atoms with Crippen molar-refractivity contribution in [2.75, 3.05) is 33.5 Å². The average Bonchev–Trinajstić information content (AvgIpc) is 2.87. The van der Waals surface area contributed by atoms with Crippen LogP contribution in [0.3, 0.4) is 0 Å². The van der Waals surface area contributed by atoms with Crippen LogP contribution >= 0.6 is 0 Å². The van der Waals surface area contributed by atoms with Gasteiger partial charge in [0.05, 0.1) is 13.2 Å². The van der Waals surface area contributed by atoms with Crippen molar-refractivity contribution in [2.45, 2.75) is 38.8 Å². The Morgan fingerprint density at radius 1 is 1.20 bits per heavy atom. The highest BCUT2D eigenvalue weighted by Crippen LogP contribution is 2.23. The number of aryl methyl sites for hydroxylation is 1. The molecule has 1 aromatic rings. The maximum Gasteiger partial charge on any atom is 0.134 e. The lowest BCUT2D eigenvalue weighted by Crippen LogP contribution is -2.30. The summed E-state index contributed by atoms with van der Waals surface area (Å²) in [5.41, 5.74) is 6.10. The fourth-order valence-corrected chi connectivity index (χ4v) is 1.88. The van der Waals surface area contributed by atoms with Gasteiger partial charge >= 0.3 is 0 Å². The second-order valence-corrected chi connectivity index (χ2v) is 4.77. The first-order valence-electron chi connectivity index (χ1n) is 7.19. The molecule has 5 heteroatoms. The van der Waals surface area contributed by atoms with E-state index in [0.29, 0.717) is 19.8 Å². The highest BCUT2D eigenvalue weighted by Gasteiger charge is 2.22. The van der Waals surface area contributed by atoms with Gasteiger partial charge in [0.2, 0.25) is 0 Å². The van der Waals surface area contributed by atoms with Gasteiger partial charge in [-0.1, -0.05) is 6.92 Å². The number of furan rings is 1. The first kappa shape index (κ1) is 17.2. The van der Waals surface area contributed by atoms with Crippen molar-refractivity contribution in [2.24, 2.45) is 5.73 Å². The zero-order valence-electron chi connectivity index (χ0n) is 12.8. The van der Waals surface area contributed by atoms with Crippen LogP contribution in [0.5, 0.6) is 0 Å². The summed E-state index contributed by atoms with van der Waals surface area (Å²) in [6.07, 6.45) is 1.52. The molecule has 0 aliphatic carbocycles. The molecule has 0 aliphatic rings. The zero-order chi connectivity index (χ0) is 14.8. The predicted molar refractivity (Wildman–Crippen MR) is 77.7 cm³/mol. The number of methoxy groups -OCH3 is 1. The highest BCUT2D eigenvalue weighted by atomic mass is 16.5. The minimum atomic E-state index is -0.212. The standard InChI is InChI=1S/C15H27NO4/c1-4-13(16)15(14-7-6-12(2)20-14)19-11-10-18-9-5-8-17-3/h6-7,13,15H,4-5,8-11,16H2,1-3H3. The van der Waals surface area contributed by atoms with E-state index in [1.54, 1.807) is 7.11 Å². The Balaban J connectivity index is 2.31. The van der Waals surface area contributed by atoms with Crippen LogP contribution in [-0.4, -0.2) is 39.6 Å². The quantitative estimate of drug-likeness (QED) is 0.632. The van der Waals surface area contributed by atoms with Crippen LogP contribution in [0.15, 0.2) is 16.5 Å². The Morgan fingerprint density at radius 2 is 2.00 bits per heavy atom. The highest BCUT2D eigenvalue weighted by molar-refractivity contribution is 5.10. The summed E-state index contributed by atoms with van der Waals surface area (Å²) >= 11 is 0. The first-order chi connectivity index (χ1) is 9.69. The van der Waals surface area contributed by atoms with E-state index in [2.05, 4.69) is 0 Å². The van der Waals surface area contributed by atoms with E-state index in [4.69, 9.17) is 24.4 Å². The minimum Gasteiger partial charge on any atom is -0.464 e. The molecule has 0 aromatic carbocycles. The van der Waals surface area contributed by atoms with E-state index in [0.717, 1.165) is 31.0 Å². The lowest BCUT2D eigenvalue weighted by molar-refractivity contribution is -0.0194. The van der Waals surface area contributed by atoms with Gasteiger partial charge in [0.25, 0.3) is 0 Å². The fourth-order valence-electron chi connectivity index (χ4n) is 1.88. The molecule has 0 saturated heterocycles. The smallest absolute Gasteiger partial charge is 0.134 e. The molecule has 2 N–H and O–H groups in total. The molecule has 2 atom stereocenters. The number of nitrogens with two attached hydrogens (primary N) is 1. The molecule has 0 fully saturated rings. The summed E-state index contributed by atoms with van der Waals surface area (Å²) in [7, 11) is 1.69. The third kappa shape index (κ3) is 6.05. The molecule has 5 nitrogen and oxygen atoms in total. The summed E-state index contributed by atoms with van der Waals surface area (Å²) in [6.45, 7) is 6.41. The zero-order valence-corrected chi connectivity index (χ0v) is 12.8. The monoisotopic (exact) mass is 285 g/mol. The largest absolute Gasteiger partial charge is 0.464 e. The molecule has 1 rings (SSSR count). The molecular formula is C15H27NO4. The molecule has 0 amide bonds. The van der Waals surface area contributed by atoms with E-state index < -0.39 is 0 Å². The topological polar surface area (TPSA) is 66.9 Å². The Labute approximate surface area is 121 Å². The van der Waals surface area contributed by atoms with Gasteiger partial charge < -0.3 is 24.4 Å². The van der Waals surface area contributed by atoms with Crippen LogP contribution in [0.2, 0.25) is 0 Å². The van der Waals surface area contributed by atoms with Gasteiger partial charge in [0.15, 0.2) is 0 Å². The van der Waals surface area contributed by atoms with Gasteiger partial charge in [0, 0.05) is 26.4 Å². The number of hydrogen-bond acceptors (Lipinski definition) is 5. The number of hydrogen-bond donors (Lipinski definition) is 1. The van der Waals surface area contributed by atoms with Crippen molar-refractivity contribution < 1.29 is 18.6 Å². The Kier molecular flexibility index (Phi) is 8.53. The summed E-state index contributed by atoms with van der Waals surface area (Å²) in [4.78, 5) is 0. The van der Waals surface area contributed by atoms with Gasteiger partial charge in [-0.25, -0.2) is 0 Å². The van der Waals surface area contributed by atoms with E-state index in [-0.39, 0.29) is 12.1 Å². The summed E-state index contributed by atoms with van der Waals surface area (Å²) in [5.74, 6) is 1.66. The predicted octanol–water partition coefficient (Wildman–Crippen LogP) is 2.44. The normalized spacial score (nSPS) is 14.4. The maximum absolute atomic E-state index is 6.10. The lowest BCUT2D eigenvalue weighted by atomic mass is 10.1. The van der Waals surface area contributed by atoms with E-state index in [1.807, 2.05) is 26.0 Å². The molecular weight excluding hydrogens is 258 g/mol. The number of ether oxygens (including phenoxy) is 3. The molecule has 0 saturated carbocycles. The van der Waals surface area contributed by atoms with Gasteiger partial charge in [-0.15, -0.1) is 0 Å². The van der Waals surface area contributed by atoms with Crippen molar-refractivity contribution in [1.29, 1.82) is 0 Å². The molecule has 0 bridgehead atoms. The van der Waals surface area contributed by atoms with Crippen molar-refractivity contribution in [1.82, 2.24) is 0 Å². The second kappa shape index (κ2) is 9.94. The van der Waals surface area contributed by atoms with E-state index in [1.165, 1.54) is 0 Å². The lowest BCUT2D eigenvalue weighted by Gasteiger charge is -2.21. The number of rotatable bonds is 11. The third-order valence-corrected chi connectivity index (χ3v) is 3.06. The van der Waals surface area contributed by atoms with Crippen molar-refractivity contribution in [3.05, 3.63) is 23.7 Å². The van der Waals surface area contributed by atoms with Crippen LogP contribution in [0.25, 0.3) is 0 Å². The van der Waals surface area contributed by atoms with Gasteiger partial charge in [0.1, 0.15) is 17.6 Å². The second-order valence-electron chi connectivity index (χ2n) is 4.77. The fraction of sp³-hybridized carbons (Fsp3) is 0.733. The molecule has 0 aliphatic heterocycles. The first-order valence-corrected chi connectivity index (χ1v) is 7.19. The van der Waals surface area contributed by atoms with Crippen LogP contribution in [0, 0.1) is 6.92 Å². The van der Waals surface area contributed by atoms with Crippen LogP contribution in [0.4, 0.5) is 0 Å². The summed E-state index contributed by atoms with van der Waals surface area (Å²) < 4.78 is 21.9. The molecule has 0 spiro atoms. The molecule has 20 heavy (non-hydrogen) atoms. The Morgan fingerprint density at radius 3 is 2.60 bits per heavy atom. The van der Waals surface area contributed by atoms with E-state index >= 15 is 0 Å². The van der Waals surface area contributed by atoms with Gasteiger partial charge in [-0.3, -0.25) is 0 Å². The van der Waals surface area contributed by atoms with Gasteiger partial charge in [-0.2, -0.15) is 0 Å². The third-order valence-electron chi connectivity index (χ3n) is 3.06. The molecule has 1 heterocycles. The van der Waals surface area contributed by atoms with Crippen molar-refractivity contribution >= 4 is 0 Å². The van der Waals surface area contributed by atoms with Gasteiger partial charge in [-0.05, 0) is 31.9 Å². The van der Waals surface area contributed by atoms with Crippen LogP contribution in [-0.2, 0) is 14.2 Å².